The Kier molecular flexibility index (Phi) is 3.69. The molecule has 0 fully saturated rings. The minimum Gasteiger partial charge on any atom is -0.542 e. The highest BCUT2D eigenvalue weighted by Crippen LogP contribution is 2.31. The number of carbonyl (C=O) groups is 1. The topological polar surface area (TPSA) is 35.5 Å². The van der Waals surface area contributed by atoms with E-state index in [2.05, 4.69) is 0 Å². The Morgan fingerprint density at radius 2 is 1.94 bits per heavy atom. The minimum atomic E-state index is -1.97. The summed E-state index contributed by atoms with van der Waals surface area (Å²) in [5, 5.41) is 0. The van der Waals surface area contributed by atoms with Gasteiger partial charge in [0.2, 0.25) is 14.1 Å². The average Bonchev–Trinajstić information content (AvgIpc) is 2.19. The van der Waals surface area contributed by atoms with Gasteiger partial charge in [0.25, 0.3) is 0 Å². The molecule has 0 aromatic heterocycles. The normalized spacial score (nSPS) is 11.1. The summed E-state index contributed by atoms with van der Waals surface area (Å²) < 4.78 is 24.3. The number of benzene rings is 1. The van der Waals surface area contributed by atoms with Crippen LogP contribution in [0.1, 0.15) is 10.4 Å². The predicted octanol–water partition coefficient (Wildman–Crippen LogP) is 2.86. The van der Waals surface area contributed by atoms with Crippen LogP contribution < -0.4 is 9.16 Å². The van der Waals surface area contributed by atoms with Crippen molar-refractivity contribution in [3.05, 3.63) is 23.5 Å². The summed E-state index contributed by atoms with van der Waals surface area (Å²) in [4.78, 5) is 10.8. The number of halogens is 1. The van der Waals surface area contributed by atoms with Crippen LogP contribution in [0, 0.1) is 5.82 Å². The van der Waals surface area contributed by atoms with E-state index in [1.165, 1.54) is 19.2 Å². The van der Waals surface area contributed by atoms with E-state index in [-0.39, 0.29) is 17.1 Å². The Balaban J connectivity index is 3.26. The summed E-state index contributed by atoms with van der Waals surface area (Å²) in [6.45, 7) is 5.75. The van der Waals surface area contributed by atoms with E-state index < -0.39 is 14.1 Å². The van der Waals surface area contributed by atoms with Gasteiger partial charge >= 0.3 is 0 Å². The molecule has 0 spiro atoms. The van der Waals surface area contributed by atoms with Crippen molar-refractivity contribution in [2.45, 2.75) is 19.6 Å². The SMILES string of the molecule is COc1ccc(C=O)c(O[Si](C)(C)C)c1F. The van der Waals surface area contributed by atoms with Crippen molar-refractivity contribution in [1.82, 2.24) is 0 Å². The van der Waals surface area contributed by atoms with E-state index in [9.17, 15) is 9.18 Å². The molecule has 0 amide bonds. The number of ether oxygens (including phenoxy) is 1. The molecule has 3 nitrogen and oxygen atoms in total. The predicted molar refractivity (Wildman–Crippen MR) is 62.3 cm³/mol. The van der Waals surface area contributed by atoms with Gasteiger partial charge in [-0.2, -0.15) is 4.39 Å². The Labute approximate surface area is 95.3 Å². The van der Waals surface area contributed by atoms with Gasteiger partial charge in [0.05, 0.1) is 12.7 Å². The first-order valence-electron chi connectivity index (χ1n) is 4.89. The molecule has 0 N–H and O–H groups in total. The Morgan fingerprint density at radius 1 is 1.31 bits per heavy atom. The second kappa shape index (κ2) is 4.65. The molecule has 16 heavy (non-hydrogen) atoms. The third kappa shape index (κ3) is 2.82. The molecule has 0 saturated carbocycles. The molecular weight excluding hydrogens is 227 g/mol. The summed E-state index contributed by atoms with van der Waals surface area (Å²) in [6, 6.07) is 2.90. The van der Waals surface area contributed by atoms with Gasteiger partial charge in [-0.25, -0.2) is 0 Å². The van der Waals surface area contributed by atoms with Crippen LogP contribution in [-0.4, -0.2) is 21.7 Å². The van der Waals surface area contributed by atoms with Gasteiger partial charge in [-0.3, -0.25) is 4.79 Å². The first kappa shape index (κ1) is 12.7. The standard InChI is InChI=1S/C11H15FO3Si/c1-14-9-6-5-8(7-13)11(10(9)12)15-16(2,3)4/h5-7H,1-4H3. The van der Waals surface area contributed by atoms with Crippen LogP contribution in [-0.2, 0) is 0 Å². The van der Waals surface area contributed by atoms with Gasteiger partial charge in [0, 0.05) is 0 Å². The Bertz CT molecular complexity index is 399. The van der Waals surface area contributed by atoms with Gasteiger partial charge in [-0.05, 0) is 31.8 Å². The molecular formula is C11H15FO3Si. The maximum absolute atomic E-state index is 13.9. The molecule has 0 bridgehead atoms. The molecule has 1 aromatic rings. The van der Waals surface area contributed by atoms with E-state index in [0.29, 0.717) is 6.29 Å². The summed E-state index contributed by atoms with van der Waals surface area (Å²) in [7, 11) is -0.595. The number of aldehydes is 1. The Hall–Kier alpha value is -1.36. The van der Waals surface area contributed by atoms with Gasteiger partial charge in [-0.1, -0.05) is 0 Å². The number of methoxy groups -OCH3 is 1. The van der Waals surface area contributed by atoms with Gasteiger partial charge in [-0.15, -0.1) is 0 Å². The van der Waals surface area contributed by atoms with Gasteiger partial charge in [0.1, 0.15) is 0 Å². The Morgan fingerprint density at radius 3 is 2.38 bits per heavy atom. The lowest BCUT2D eigenvalue weighted by Gasteiger charge is -2.21. The van der Waals surface area contributed by atoms with Crippen LogP contribution in [0.5, 0.6) is 11.5 Å². The zero-order valence-corrected chi connectivity index (χ0v) is 10.8. The van der Waals surface area contributed by atoms with Crippen molar-refractivity contribution < 1.29 is 18.3 Å². The van der Waals surface area contributed by atoms with Crippen LogP contribution in [0.4, 0.5) is 4.39 Å². The first-order valence-corrected chi connectivity index (χ1v) is 8.30. The molecule has 1 aromatic carbocycles. The summed E-state index contributed by atoms with van der Waals surface area (Å²) >= 11 is 0. The third-order valence-corrected chi connectivity index (χ3v) is 2.66. The third-order valence-electron chi connectivity index (χ3n) is 1.85. The number of carbonyl (C=O) groups excluding carboxylic acids is 1. The zero-order valence-electron chi connectivity index (χ0n) is 9.83. The number of rotatable bonds is 4. The maximum atomic E-state index is 13.9. The van der Waals surface area contributed by atoms with Crippen LogP contribution in [0.15, 0.2) is 12.1 Å². The average molecular weight is 242 g/mol. The highest BCUT2D eigenvalue weighted by molar-refractivity contribution is 6.70. The smallest absolute Gasteiger partial charge is 0.242 e. The van der Waals surface area contributed by atoms with Gasteiger partial charge < -0.3 is 9.16 Å². The largest absolute Gasteiger partial charge is 0.542 e. The molecule has 0 radical (unpaired) electrons. The fraction of sp³-hybridized carbons (Fsp3) is 0.364. The van der Waals surface area contributed by atoms with Crippen LogP contribution in [0.25, 0.3) is 0 Å². The molecule has 0 saturated heterocycles. The molecule has 0 aliphatic heterocycles. The molecule has 1 rings (SSSR count). The first-order chi connectivity index (χ1) is 7.39. The van der Waals surface area contributed by atoms with Crippen LogP contribution in [0.3, 0.4) is 0 Å². The second-order valence-electron chi connectivity index (χ2n) is 4.33. The van der Waals surface area contributed by atoms with Crippen molar-refractivity contribution in [3.8, 4) is 11.5 Å². The zero-order chi connectivity index (χ0) is 12.3. The number of hydrogen-bond donors (Lipinski definition) is 0. The van der Waals surface area contributed by atoms with E-state index in [1.807, 2.05) is 19.6 Å². The number of hydrogen-bond acceptors (Lipinski definition) is 3. The van der Waals surface area contributed by atoms with Crippen molar-refractivity contribution >= 4 is 14.6 Å². The molecule has 5 heteroatoms. The summed E-state index contributed by atoms with van der Waals surface area (Å²) in [5.74, 6) is -0.540. The van der Waals surface area contributed by atoms with Crippen molar-refractivity contribution in [3.63, 3.8) is 0 Å². The van der Waals surface area contributed by atoms with E-state index >= 15 is 0 Å². The maximum Gasteiger partial charge on any atom is 0.242 e. The molecule has 0 atom stereocenters. The van der Waals surface area contributed by atoms with E-state index in [0.717, 1.165) is 0 Å². The monoisotopic (exact) mass is 242 g/mol. The molecule has 0 unspecified atom stereocenters. The summed E-state index contributed by atoms with van der Waals surface area (Å²) in [5.41, 5.74) is 0.209. The van der Waals surface area contributed by atoms with E-state index in [1.54, 1.807) is 0 Å². The van der Waals surface area contributed by atoms with Crippen molar-refractivity contribution in [2.75, 3.05) is 7.11 Å². The summed E-state index contributed by atoms with van der Waals surface area (Å²) in [6.07, 6.45) is 0.581. The lowest BCUT2D eigenvalue weighted by molar-refractivity contribution is 0.112. The second-order valence-corrected chi connectivity index (χ2v) is 8.76. The molecule has 0 aliphatic rings. The lowest BCUT2D eigenvalue weighted by atomic mass is 10.2. The molecule has 0 aliphatic carbocycles. The molecule has 88 valence electrons. The fourth-order valence-corrected chi connectivity index (χ4v) is 2.03. The van der Waals surface area contributed by atoms with Crippen molar-refractivity contribution in [2.24, 2.45) is 0 Å². The van der Waals surface area contributed by atoms with Crippen LogP contribution >= 0.6 is 0 Å². The highest BCUT2D eigenvalue weighted by atomic mass is 28.4. The highest BCUT2D eigenvalue weighted by Gasteiger charge is 2.23. The lowest BCUT2D eigenvalue weighted by Crippen LogP contribution is -2.30. The van der Waals surface area contributed by atoms with E-state index in [4.69, 9.17) is 9.16 Å². The van der Waals surface area contributed by atoms with Gasteiger partial charge in [0.15, 0.2) is 17.8 Å². The minimum absolute atomic E-state index is 0.00600. The quantitative estimate of drug-likeness (QED) is 0.601. The van der Waals surface area contributed by atoms with Crippen molar-refractivity contribution in [1.29, 1.82) is 0 Å². The molecule has 0 heterocycles. The van der Waals surface area contributed by atoms with Crippen LogP contribution in [0.2, 0.25) is 19.6 Å². The fourth-order valence-electron chi connectivity index (χ4n) is 1.21.